The standard InChI is InChI=1S/C35H48F3NO3Si/c1-22(2)30-28-29(34(16-18-40-19-17-34)41-31(28)23-10-12-24(13-11-23)35(36,37)38)27-25(39-30)20-33(14-8-9-15-33)21-26(27)42-43(6,7)32(3,4)5/h10-13,22,26,31H,8-9,14-21H2,1-7H3/t26?,31-/m1/s1. The molecule has 236 valence electrons. The second-order valence-electron chi connectivity index (χ2n) is 15.5. The van der Waals surface area contributed by atoms with Crippen molar-refractivity contribution in [2.45, 2.75) is 134 Å². The smallest absolute Gasteiger partial charge is 0.410 e. The first-order valence-corrected chi connectivity index (χ1v) is 19.1. The lowest BCUT2D eigenvalue weighted by molar-refractivity contribution is -0.137. The Bertz CT molecular complexity index is 1350. The van der Waals surface area contributed by atoms with E-state index in [1.807, 2.05) is 0 Å². The van der Waals surface area contributed by atoms with Crippen molar-refractivity contribution >= 4 is 8.32 Å². The Morgan fingerprint density at radius 2 is 1.58 bits per heavy atom. The molecule has 2 aliphatic heterocycles. The van der Waals surface area contributed by atoms with Gasteiger partial charge < -0.3 is 13.9 Å². The highest BCUT2D eigenvalue weighted by molar-refractivity contribution is 6.74. The molecule has 1 aromatic carbocycles. The predicted octanol–water partition coefficient (Wildman–Crippen LogP) is 9.92. The highest BCUT2D eigenvalue weighted by Gasteiger charge is 2.55. The number of rotatable bonds is 4. The first-order valence-electron chi connectivity index (χ1n) is 16.2. The van der Waals surface area contributed by atoms with Gasteiger partial charge in [-0.2, -0.15) is 13.2 Å². The maximum atomic E-state index is 13.5. The van der Waals surface area contributed by atoms with Gasteiger partial charge in [-0.3, -0.25) is 4.98 Å². The van der Waals surface area contributed by atoms with Crippen LogP contribution in [0.1, 0.15) is 137 Å². The second-order valence-corrected chi connectivity index (χ2v) is 20.2. The number of halogens is 3. The number of hydrogen-bond acceptors (Lipinski definition) is 4. The molecule has 2 atom stereocenters. The van der Waals surface area contributed by atoms with Gasteiger partial charge in [-0.05, 0) is 78.4 Å². The molecule has 0 N–H and O–H groups in total. The van der Waals surface area contributed by atoms with Gasteiger partial charge in [0.05, 0.1) is 17.3 Å². The summed E-state index contributed by atoms with van der Waals surface area (Å²) in [5.74, 6) is 0.135. The molecule has 4 nitrogen and oxygen atoms in total. The van der Waals surface area contributed by atoms with Gasteiger partial charge in [-0.15, -0.1) is 0 Å². The van der Waals surface area contributed by atoms with Crippen molar-refractivity contribution in [3.63, 3.8) is 0 Å². The van der Waals surface area contributed by atoms with E-state index in [1.54, 1.807) is 12.1 Å². The molecule has 0 radical (unpaired) electrons. The van der Waals surface area contributed by atoms with Gasteiger partial charge in [0, 0.05) is 48.6 Å². The van der Waals surface area contributed by atoms with Gasteiger partial charge in [0.1, 0.15) is 6.10 Å². The van der Waals surface area contributed by atoms with E-state index in [9.17, 15) is 13.2 Å². The van der Waals surface area contributed by atoms with Crippen LogP contribution in [0.5, 0.6) is 0 Å². The molecule has 0 amide bonds. The van der Waals surface area contributed by atoms with Crippen LogP contribution in [0.25, 0.3) is 0 Å². The van der Waals surface area contributed by atoms with E-state index in [2.05, 4.69) is 47.7 Å². The Labute approximate surface area is 256 Å². The van der Waals surface area contributed by atoms with Crippen LogP contribution in [-0.2, 0) is 32.1 Å². The van der Waals surface area contributed by atoms with Crippen LogP contribution in [0, 0.1) is 5.41 Å². The van der Waals surface area contributed by atoms with E-state index in [-0.39, 0.29) is 22.5 Å². The number of benzene rings is 1. The lowest BCUT2D eigenvalue weighted by atomic mass is 9.67. The second kappa shape index (κ2) is 10.7. The van der Waals surface area contributed by atoms with Crippen LogP contribution >= 0.6 is 0 Å². The monoisotopic (exact) mass is 615 g/mol. The summed E-state index contributed by atoms with van der Waals surface area (Å²) in [4.78, 5) is 5.50. The Balaban J connectivity index is 1.58. The summed E-state index contributed by atoms with van der Waals surface area (Å²) in [7, 11) is -2.16. The number of hydrogen-bond donors (Lipinski definition) is 0. The predicted molar refractivity (Wildman–Crippen MR) is 165 cm³/mol. The van der Waals surface area contributed by atoms with Crippen molar-refractivity contribution in [2.75, 3.05) is 13.2 Å². The summed E-state index contributed by atoms with van der Waals surface area (Å²) >= 11 is 0. The summed E-state index contributed by atoms with van der Waals surface area (Å²) in [6, 6.07) is 5.55. The topological polar surface area (TPSA) is 40.6 Å². The maximum absolute atomic E-state index is 13.5. The third-order valence-corrected chi connectivity index (χ3v) is 15.7. The Kier molecular flexibility index (Phi) is 7.75. The van der Waals surface area contributed by atoms with E-state index >= 15 is 0 Å². The third-order valence-electron chi connectivity index (χ3n) is 11.2. The van der Waals surface area contributed by atoms with Gasteiger partial charge in [0.15, 0.2) is 8.32 Å². The molecule has 2 spiro atoms. The van der Waals surface area contributed by atoms with Crippen LogP contribution in [0.4, 0.5) is 13.2 Å². The molecule has 2 fully saturated rings. The molecule has 1 saturated carbocycles. The van der Waals surface area contributed by atoms with Crippen LogP contribution in [0.3, 0.4) is 0 Å². The van der Waals surface area contributed by atoms with Gasteiger partial charge in [0.2, 0.25) is 0 Å². The fourth-order valence-electron chi connectivity index (χ4n) is 7.92. The Morgan fingerprint density at radius 1 is 0.953 bits per heavy atom. The van der Waals surface area contributed by atoms with E-state index in [0.29, 0.717) is 26.1 Å². The molecule has 6 rings (SSSR count). The Hall–Kier alpha value is -1.74. The zero-order valence-corrected chi connectivity index (χ0v) is 27.9. The lowest BCUT2D eigenvalue weighted by Crippen LogP contribution is -2.45. The third kappa shape index (κ3) is 5.42. The first kappa shape index (κ1) is 31.2. The maximum Gasteiger partial charge on any atom is 0.416 e. The molecule has 2 aromatic rings. The molecule has 0 bridgehead atoms. The van der Waals surface area contributed by atoms with Crippen molar-refractivity contribution in [2.24, 2.45) is 5.41 Å². The van der Waals surface area contributed by atoms with Crippen molar-refractivity contribution in [3.8, 4) is 0 Å². The van der Waals surface area contributed by atoms with Crippen molar-refractivity contribution < 1.29 is 27.1 Å². The number of pyridine rings is 1. The largest absolute Gasteiger partial charge is 0.416 e. The molecule has 1 unspecified atom stereocenters. The summed E-state index contributed by atoms with van der Waals surface area (Å²) in [6.07, 6.45) is 3.38. The Morgan fingerprint density at radius 3 is 2.14 bits per heavy atom. The number of fused-ring (bicyclic) bond motifs is 4. The number of nitrogens with zero attached hydrogens (tertiary/aromatic N) is 1. The van der Waals surface area contributed by atoms with Gasteiger partial charge in [0.25, 0.3) is 0 Å². The molecular formula is C35H48F3NO3Si. The van der Waals surface area contributed by atoms with Crippen LogP contribution < -0.4 is 0 Å². The summed E-state index contributed by atoms with van der Waals surface area (Å²) in [5, 5.41) is 0.0531. The summed E-state index contributed by atoms with van der Waals surface area (Å²) in [5.41, 5.74) is 5.41. The van der Waals surface area contributed by atoms with Gasteiger partial charge in [-0.25, -0.2) is 0 Å². The summed E-state index contributed by atoms with van der Waals surface area (Å²) < 4.78 is 60.9. The zero-order chi connectivity index (χ0) is 31.0. The molecular weight excluding hydrogens is 567 g/mol. The fraction of sp³-hybridized carbons (Fsp3) is 0.686. The normalized spacial score (nSPS) is 25.0. The van der Waals surface area contributed by atoms with Crippen LogP contribution in [0.15, 0.2) is 24.3 Å². The molecule has 43 heavy (non-hydrogen) atoms. The fourth-order valence-corrected chi connectivity index (χ4v) is 9.18. The quantitative estimate of drug-likeness (QED) is 0.321. The number of ether oxygens (including phenoxy) is 2. The highest BCUT2D eigenvalue weighted by Crippen LogP contribution is 2.61. The molecule has 1 saturated heterocycles. The minimum Gasteiger partial charge on any atom is -0.410 e. The zero-order valence-electron chi connectivity index (χ0n) is 26.9. The number of alkyl halides is 3. The SMILES string of the molecule is CC(C)c1nc2c(c3c1[C@@H](c1ccc(C(F)(F)F)cc1)OC31CCOCC1)C(O[Si](C)(C)C(C)(C)C)CC1(CCCC1)C2. The minimum absolute atomic E-state index is 0.0531. The van der Waals surface area contributed by atoms with E-state index < -0.39 is 31.8 Å². The molecule has 2 aliphatic carbocycles. The van der Waals surface area contributed by atoms with E-state index in [1.165, 1.54) is 54.6 Å². The van der Waals surface area contributed by atoms with Crippen molar-refractivity contribution in [3.05, 3.63) is 63.5 Å². The minimum atomic E-state index is -4.39. The molecule has 3 heterocycles. The van der Waals surface area contributed by atoms with E-state index in [0.717, 1.165) is 29.7 Å². The lowest BCUT2D eigenvalue weighted by Gasteiger charge is -2.47. The summed E-state index contributed by atoms with van der Waals surface area (Å²) in [6.45, 7) is 17.1. The van der Waals surface area contributed by atoms with Gasteiger partial charge >= 0.3 is 6.18 Å². The van der Waals surface area contributed by atoms with Crippen molar-refractivity contribution in [1.82, 2.24) is 4.98 Å². The highest BCUT2D eigenvalue weighted by atomic mass is 28.4. The van der Waals surface area contributed by atoms with Crippen LogP contribution in [0.2, 0.25) is 18.1 Å². The number of aromatic nitrogens is 1. The molecule has 8 heteroatoms. The van der Waals surface area contributed by atoms with E-state index in [4.69, 9.17) is 18.9 Å². The van der Waals surface area contributed by atoms with Crippen LogP contribution in [-0.4, -0.2) is 26.5 Å². The van der Waals surface area contributed by atoms with Gasteiger partial charge in [-0.1, -0.05) is 59.6 Å². The first-order chi connectivity index (χ1) is 20.1. The molecule has 1 aromatic heterocycles. The average molecular weight is 616 g/mol. The molecule has 4 aliphatic rings. The van der Waals surface area contributed by atoms with Crippen molar-refractivity contribution in [1.29, 1.82) is 0 Å². The average Bonchev–Trinajstić information content (AvgIpc) is 3.50.